The predicted octanol–water partition coefficient (Wildman–Crippen LogP) is 3.26. The van der Waals surface area contributed by atoms with Gasteiger partial charge in [0.1, 0.15) is 0 Å². The summed E-state index contributed by atoms with van der Waals surface area (Å²) in [6.45, 7) is 0. The fraction of sp³-hybridized carbons (Fsp3) is 0.500. The van der Waals surface area contributed by atoms with Crippen LogP contribution in [0.1, 0.15) is 31.2 Å². The van der Waals surface area contributed by atoms with Crippen LogP contribution in [0.4, 0.5) is 0 Å². The Kier molecular flexibility index (Phi) is 2.93. The summed E-state index contributed by atoms with van der Waals surface area (Å²) in [6, 6.07) is 8.48. The molecule has 1 aromatic carbocycles. The largest absolute Gasteiger partial charge is 0.325 e. The van der Waals surface area contributed by atoms with Crippen LogP contribution in [0.2, 0.25) is 0 Å². The molecule has 1 aliphatic carbocycles. The summed E-state index contributed by atoms with van der Waals surface area (Å²) in [5, 5.41) is 0. The Bertz CT molecular complexity index is 316. The normalized spacial score (nSPS) is 19.9. The van der Waals surface area contributed by atoms with Gasteiger partial charge in [-0.25, -0.2) is 0 Å². The van der Waals surface area contributed by atoms with Crippen molar-refractivity contribution in [2.45, 2.75) is 37.6 Å². The summed E-state index contributed by atoms with van der Waals surface area (Å²) in [7, 11) is 0. The van der Waals surface area contributed by atoms with E-state index in [1.165, 1.54) is 31.2 Å². The first-order valence-electron chi connectivity index (χ1n) is 5.21. The molecule has 1 nitrogen and oxygen atoms in total. The second kappa shape index (κ2) is 4.03. The molecule has 2 rings (SSSR count). The van der Waals surface area contributed by atoms with Gasteiger partial charge in [0.25, 0.3) is 0 Å². The van der Waals surface area contributed by atoms with Crippen LogP contribution >= 0.6 is 15.9 Å². The van der Waals surface area contributed by atoms with E-state index in [0.29, 0.717) is 0 Å². The van der Waals surface area contributed by atoms with Gasteiger partial charge in [-0.3, -0.25) is 0 Å². The Morgan fingerprint density at radius 1 is 1.29 bits per heavy atom. The molecule has 1 saturated carbocycles. The highest BCUT2D eigenvalue weighted by atomic mass is 79.9. The van der Waals surface area contributed by atoms with Crippen molar-refractivity contribution in [3.8, 4) is 0 Å². The van der Waals surface area contributed by atoms with E-state index < -0.39 is 0 Å². The Hall–Kier alpha value is -0.340. The number of nitrogens with two attached hydrogens (primary N) is 1. The molecule has 0 heterocycles. The molecule has 0 aromatic heterocycles. The third-order valence-electron chi connectivity index (χ3n) is 3.04. The fourth-order valence-corrected chi connectivity index (χ4v) is 2.76. The lowest BCUT2D eigenvalue weighted by molar-refractivity contribution is 0.436. The lowest BCUT2D eigenvalue weighted by Crippen LogP contribution is -2.38. The number of hydrogen-bond donors (Lipinski definition) is 1. The molecule has 0 amide bonds. The van der Waals surface area contributed by atoms with Crippen LogP contribution in [-0.2, 0) is 6.42 Å². The number of halogens is 1. The maximum absolute atomic E-state index is 6.33. The molecule has 0 atom stereocenters. The maximum Gasteiger partial charge on any atom is 0.0195 e. The minimum absolute atomic E-state index is 0.0702. The van der Waals surface area contributed by atoms with Gasteiger partial charge in [-0.1, -0.05) is 40.9 Å². The van der Waals surface area contributed by atoms with E-state index in [0.717, 1.165) is 10.9 Å². The second-order valence-corrected chi connectivity index (χ2v) is 5.29. The molecule has 76 valence electrons. The first kappa shape index (κ1) is 10.2. The molecule has 2 heteroatoms. The van der Waals surface area contributed by atoms with Crippen molar-refractivity contribution in [2.24, 2.45) is 5.73 Å². The minimum Gasteiger partial charge on any atom is -0.325 e. The summed E-state index contributed by atoms with van der Waals surface area (Å²) >= 11 is 3.49. The molecule has 0 aliphatic heterocycles. The lowest BCUT2D eigenvalue weighted by atomic mass is 9.90. The van der Waals surface area contributed by atoms with Crippen LogP contribution in [0.25, 0.3) is 0 Å². The molecule has 0 radical (unpaired) electrons. The van der Waals surface area contributed by atoms with E-state index in [-0.39, 0.29) is 5.54 Å². The number of benzene rings is 1. The molecule has 2 N–H and O–H groups in total. The molecule has 1 aliphatic rings. The molecule has 1 fully saturated rings. The third kappa shape index (κ3) is 2.37. The fourth-order valence-electron chi connectivity index (χ4n) is 2.31. The van der Waals surface area contributed by atoms with E-state index in [9.17, 15) is 0 Å². The first-order chi connectivity index (χ1) is 6.68. The van der Waals surface area contributed by atoms with Gasteiger partial charge in [-0.15, -0.1) is 0 Å². The first-order valence-corrected chi connectivity index (χ1v) is 6.01. The number of rotatable bonds is 2. The summed E-state index contributed by atoms with van der Waals surface area (Å²) in [5.74, 6) is 0. The van der Waals surface area contributed by atoms with Crippen molar-refractivity contribution in [1.82, 2.24) is 0 Å². The van der Waals surface area contributed by atoms with Crippen LogP contribution < -0.4 is 5.73 Å². The SMILES string of the molecule is NC1(Cc2cccc(Br)c2)CCCC1. The third-order valence-corrected chi connectivity index (χ3v) is 3.54. The predicted molar refractivity (Wildman–Crippen MR) is 63.2 cm³/mol. The van der Waals surface area contributed by atoms with Gasteiger partial charge >= 0.3 is 0 Å². The molecule has 14 heavy (non-hydrogen) atoms. The van der Waals surface area contributed by atoms with Crippen LogP contribution in [0.15, 0.2) is 28.7 Å². The molecule has 1 aromatic rings. The summed E-state index contributed by atoms with van der Waals surface area (Å²) in [5.41, 5.74) is 7.75. The second-order valence-electron chi connectivity index (χ2n) is 4.38. The van der Waals surface area contributed by atoms with Crippen molar-refractivity contribution in [1.29, 1.82) is 0 Å². The summed E-state index contributed by atoms with van der Waals surface area (Å²) < 4.78 is 1.15. The van der Waals surface area contributed by atoms with Crippen LogP contribution in [0, 0.1) is 0 Å². The average molecular weight is 254 g/mol. The molecular formula is C12H16BrN. The van der Waals surface area contributed by atoms with Gasteiger partial charge < -0.3 is 5.73 Å². The highest BCUT2D eigenvalue weighted by molar-refractivity contribution is 9.10. The van der Waals surface area contributed by atoms with Gasteiger partial charge in [0, 0.05) is 10.0 Å². The Morgan fingerprint density at radius 2 is 2.00 bits per heavy atom. The van der Waals surface area contributed by atoms with E-state index >= 15 is 0 Å². The zero-order valence-electron chi connectivity index (χ0n) is 8.30. The van der Waals surface area contributed by atoms with Crippen LogP contribution in [-0.4, -0.2) is 5.54 Å². The zero-order chi connectivity index (χ0) is 10.0. The van der Waals surface area contributed by atoms with Crippen molar-refractivity contribution in [3.63, 3.8) is 0 Å². The Labute approximate surface area is 93.8 Å². The molecule has 0 bridgehead atoms. The topological polar surface area (TPSA) is 26.0 Å². The zero-order valence-corrected chi connectivity index (χ0v) is 9.89. The standard InChI is InChI=1S/C12H16BrN/c13-11-5-3-4-10(8-11)9-12(14)6-1-2-7-12/h3-5,8H,1-2,6-7,9,14H2. The quantitative estimate of drug-likeness (QED) is 0.861. The van der Waals surface area contributed by atoms with Crippen molar-refractivity contribution >= 4 is 15.9 Å². The van der Waals surface area contributed by atoms with Crippen molar-refractivity contribution in [2.75, 3.05) is 0 Å². The molecular weight excluding hydrogens is 238 g/mol. The van der Waals surface area contributed by atoms with Gasteiger partial charge in [0.05, 0.1) is 0 Å². The minimum atomic E-state index is 0.0702. The highest BCUT2D eigenvalue weighted by Crippen LogP contribution is 2.30. The van der Waals surface area contributed by atoms with Crippen LogP contribution in [0.5, 0.6) is 0 Å². The van der Waals surface area contributed by atoms with Gasteiger partial charge in [-0.05, 0) is 37.0 Å². The van der Waals surface area contributed by atoms with Crippen LogP contribution in [0.3, 0.4) is 0 Å². The van der Waals surface area contributed by atoms with Gasteiger partial charge in [0.2, 0.25) is 0 Å². The smallest absolute Gasteiger partial charge is 0.0195 e. The van der Waals surface area contributed by atoms with E-state index in [1.54, 1.807) is 0 Å². The Balaban J connectivity index is 2.10. The molecule has 0 unspecified atom stereocenters. The van der Waals surface area contributed by atoms with E-state index in [4.69, 9.17) is 5.73 Å². The lowest BCUT2D eigenvalue weighted by Gasteiger charge is -2.23. The summed E-state index contributed by atoms with van der Waals surface area (Å²) in [4.78, 5) is 0. The van der Waals surface area contributed by atoms with E-state index in [1.807, 2.05) is 0 Å². The van der Waals surface area contributed by atoms with Gasteiger partial charge in [0.15, 0.2) is 0 Å². The molecule has 0 spiro atoms. The Morgan fingerprint density at radius 3 is 2.64 bits per heavy atom. The average Bonchev–Trinajstić information content (AvgIpc) is 2.51. The highest BCUT2D eigenvalue weighted by Gasteiger charge is 2.29. The summed E-state index contributed by atoms with van der Waals surface area (Å²) in [6.07, 6.45) is 5.97. The maximum atomic E-state index is 6.33. The van der Waals surface area contributed by atoms with E-state index in [2.05, 4.69) is 40.2 Å². The van der Waals surface area contributed by atoms with Crippen molar-refractivity contribution in [3.05, 3.63) is 34.3 Å². The number of hydrogen-bond acceptors (Lipinski definition) is 1. The monoisotopic (exact) mass is 253 g/mol. The molecule has 0 saturated heterocycles. The van der Waals surface area contributed by atoms with Gasteiger partial charge in [-0.2, -0.15) is 0 Å². The van der Waals surface area contributed by atoms with Crippen molar-refractivity contribution < 1.29 is 0 Å².